The van der Waals surface area contributed by atoms with E-state index in [1.165, 1.54) is 7.11 Å². The molecule has 0 aliphatic rings. The van der Waals surface area contributed by atoms with Crippen LogP contribution in [0, 0.1) is 6.92 Å². The highest BCUT2D eigenvalue weighted by molar-refractivity contribution is 6.29. The molecular formula is C15H16ClN3O2. The predicted octanol–water partition coefficient (Wildman–Crippen LogP) is 2.86. The lowest BCUT2D eigenvalue weighted by atomic mass is 10.1. The van der Waals surface area contributed by atoms with Gasteiger partial charge in [-0.1, -0.05) is 23.7 Å². The maximum absolute atomic E-state index is 11.8. The van der Waals surface area contributed by atoms with Crippen molar-refractivity contribution in [2.24, 2.45) is 0 Å². The highest BCUT2D eigenvalue weighted by atomic mass is 35.5. The summed E-state index contributed by atoms with van der Waals surface area (Å²) in [6.45, 7) is 2.30. The van der Waals surface area contributed by atoms with Gasteiger partial charge >= 0.3 is 5.97 Å². The first kappa shape index (κ1) is 15.3. The average Bonchev–Trinajstić information content (AvgIpc) is 2.45. The number of benzene rings is 1. The second-order valence-electron chi connectivity index (χ2n) is 4.61. The van der Waals surface area contributed by atoms with Crippen LogP contribution in [0.25, 0.3) is 0 Å². The largest absolute Gasteiger partial charge is 0.465 e. The van der Waals surface area contributed by atoms with Gasteiger partial charge in [-0.2, -0.15) is 0 Å². The number of para-hydroxylation sites is 1. The molecule has 0 N–H and O–H groups in total. The minimum Gasteiger partial charge on any atom is -0.465 e. The summed E-state index contributed by atoms with van der Waals surface area (Å²) in [5.74, 6) is 0.225. The number of aryl methyl sites for hydroxylation is 1. The van der Waals surface area contributed by atoms with Gasteiger partial charge in [0.15, 0.2) is 0 Å². The Balaban J connectivity index is 2.28. The molecule has 0 saturated heterocycles. The summed E-state index contributed by atoms with van der Waals surface area (Å²) in [5, 5.41) is 0.409. The van der Waals surface area contributed by atoms with Crippen LogP contribution in [0.15, 0.2) is 30.3 Å². The molecule has 21 heavy (non-hydrogen) atoms. The van der Waals surface area contributed by atoms with Gasteiger partial charge in [-0.25, -0.2) is 14.8 Å². The molecule has 0 radical (unpaired) electrons. The minimum absolute atomic E-state index is 0.374. The van der Waals surface area contributed by atoms with E-state index in [0.29, 0.717) is 23.1 Å². The SMILES string of the molecule is COC(=O)c1ccccc1N(C)Cc1nc(C)cc(Cl)n1. The lowest BCUT2D eigenvalue weighted by molar-refractivity contribution is 0.0601. The fraction of sp³-hybridized carbons (Fsp3) is 0.267. The van der Waals surface area contributed by atoms with Crippen molar-refractivity contribution in [3.05, 3.63) is 52.6 Å². The van der Waals surface area contributed by atoms with Crippen molar-refractivity contribution in [1.29, 1.82) is 0 Å². The van der Waals surface area contributed by atoms with Crippen LogP contribution in [-0.2, 0) is 11.3 Å². The lowest BCUT2D eigenvalue weighted by Gasteiger charge is -2.21. The number of ether oxygens (including phenoxy) is 1. The molecule has 1 aromatic carbocycles. The van der Waals surface area contributed by atoms with Gasteiger partial charge < -0.3 is 9.64 Å². The van der Waals surface area contributed by atoms with E-state index in [1.54, 1.807) is 18.2 Å². The van der Waals surface area contributed by atoms with Crippen LogP contribution >= 0.6 is 11.6 Å². The number of methoxy groups -OCH3 is 1. The first-order valence-corrected chi connectivity index (χ1v) is 6.77. The van der Waals surface area contributed by atoms with Crippen LogP contribution in [-0.4, -0.2) is 30.1 Å². The van der Waals surface area contributed by atoms with Crippen molar-refractivity contribution >= 4 is 23.3 Å². The molecule has 0 aliphatic heterocycles. The van der Waals surface area contributed by atoms with Crippen LogP contribution in [0.4, 0.5) is 5.69 Å². The second-order valence-corrected chi connectivity index (χ2v) is 5.00. The summed E-state index contributed by atoms with van der Waals surface area (Å²) >= 11 is 5.94. The van der Waals surface area contributed by atoms with E-state index in [4.69, 9.17) is 16.3 Å². The average molecular weight is 306 g/mol. The molecule has 0 amide bonds. The Morgan fingerprint density at radius 1 is 1.33 bits per heavy atom. The number of aromatic nitrogens is 2. The number of hydrogen-bond acceptors (Lipinski definition) is 5. The Labute approximate surface area is 128 Å². The van der Waals surface area contributed by atoms with E-state index in [2.05, 4.69) is 9.97 Å². The first-order chi connectivity index (χ1) is 10.0. The number of rotatable bonds is 4. The maximum Gasteiger partial charge on any atom is 0.339 e. The first-order valence-electron chi connectivity index (χ1n) is 6.40. The van der Waals surface area contributed by atoms with Crippen molar-refractivity contribution in [1.82, 2.24) is 9.97 Å². The number of carbonyl (C=O) groups excluding carboxylic acids is 1. The second kappa shape index (κ2) is 6.54. The zero-order valence-electron chi connectivity index (χ0n) is 12.1. The quantitative estimate of drug-likeness (QED) is 0.642. The molecule has 2 rings (SSSR count). The molecule has 110 valence electrons. The molecule has 6 heteroatoms. The molecule has 5 nitrogen and oxygen atoms in total. The fourth-order valence-electron chi connectivity index (χ4n) is 2.05. The van der Waals surface area contributed by atoms with Crippen LogP contribution in [0.3, 0.4) is 0 Å². The third kappa shape index (κ3) is 3.70. The summed E-state index contributed by atoms with van der Waals surface area (Å²) in [6.07, 6.45) is 0. The number of hydrogen-bond donors (Lipinski definition) is 0. The topological polar surface area (TPSA) is 55.3 Å². The molecule has 0 fully saturated rings. The van der Waals surface area contributed by atoms with Gasteiger partial charge in [-0.05, 0) is 25.1 Å². The molecule has 0 atom stereocenters. The van der Waals surface area contributed by atoms with E-state index < -0.39 is 0 Å². The molecule has 0 bridgehead atoms. The van der Waals surface area contributed by atoms with E-state index >= 15 is 0 Å². The number of esters is 1. The minimum atomic E-state index is -0.374. The van der Waals surface area contributed by atoms with Gasteiger partial charge in [-0.3, -0.25) is 0 Å². The van der Waals surface area contributed by atoms with Gasteiger partial charge in [0.2, 0.25) is 0 Å². The van der Waals surface area contributed by atoms with E-state index in [9.17, 15) is 4.79 Å². The molecule has 0 unspecified atom stereocenters. The molecule has 1 heterocycles. The molecule has 1 aromatic heterocycles. The van der Waals surface area contributed by atoms with E-state index in [-0.39, 0.29) is 5.97 Å². The normalized spacial score (nSPS) is 10.3. The highest BCUT2D eigenvalue weighted by Crippen LogP contribution is 2.21. The van der Waals surface area contributed by atoms with Gasteiger partial charge in [0.25, 0.3) is 0 Å². The Hall–Kier alpha value is -2.14. The predicted molar refractivity (Wildman–Crippen MR) is 81.7 cm³/mol. The van der Waals surface area contributed by atoms with Crippen molar-refractivity contribution in [3.8, 4) is 0 Å². The van der Waals surface area contributed by atoms with Crippen LogP contribution < -0.4 is 4.90 Å². The smallest absolute Gasteiger partial charge is 0.339 e. The monoisotopic (exact) mass is 305 g/mol. The molecule has 0 spiro atoms. The summed E-state index contributed by atoms with van der Waals surface area (Å²) in [4.78, 5) is 22.2. The zero-order chi connectivity index (χ0) is 15.4. The zero-order valence-corrected chi connectivity index (χ0v) is 12.9. The Morgan fingerprint density at radius 2 is 2.05 bits per heavy atom. The standard InChI is InChI=1S/C15H16ClN3O2/c1-10-8-13(16)18-14(17-10)9-19(2)12-7-5-4-6-11(12)15(20)21-3/h4-8H,9H2,1-3H3. The van der Waals surface area contributed by atoms with Crippen LogP contribution in [0.1, 0.15) is 21.9 Å². The van der Waals surface area contributed by atoms with Crippen molar-refractivity contribution in [2.45, 2.75) is 13.5 Å². The third-order valence-corrected chi connectivity index (χ3v) is 3.16. The number of carbonyl (C=O) groups is 1. The van der Waals surface area contributed by atoms with Crippen LogP contribution in [0.5, 0.6) is 0 Å². The molecule has 0 aliphatic carbocycles. The number of halogens is 1. The maximum atomic E-state index is 11.8. The van der Waals surface area contributed by atoms with Crippen molar-refractivity contribution in [2.75, 3.05) is 19.1 Å². The van der Waals surface area contributed by atoms with E-state index in [1.807, 2.05) is 31.0 Å². The van der Waals surface area contributed by atoms with Gasteiger partial charge in [0, 0.05) is 12.7 Å². The van der Waals surface area contributed by atoms with Crippen molar-refractivity contribution in [3.63, 3.8) is 0 Å². The van der Waals surface area contributed by atoms with Gasteiger partial charge in [0.05, 0.1) is 24.9 Å². The summed E-state index contributed by atoms with van der Waals surface area (Å²) < 4.78 is 4.80. The highest BCUT2D eigenvalue weighted by Gasteiger charge is 2.15. The molecule has 2 aromatic rings. The Kier molecular flexibility index (Phi) is 4.75. The summed E-state index contributed by atoms with van der Waals surface area (Å²) in [5.41, 5.74) is 2.06. The lowest BCUT2D eigenvalue weighted by Crippen LogP contribution is -2.21. The van der Waals surface area contributed by atoms with Crippen molar-refractivity contribution < 1.29 is 9.53 Å². The van der Waals surface area contributed by atoms with Crippen LogP contribution in [0.2, 0.25) is 5.15 Å². The number of nitrogens with zero attached hydrogens (tertiary/aromatic N) is 3. The van der Waals surface area contributed by atoms with Gasteiger partial charge in [0.1, 0.15) is 11.0 Å². The molecule has 0 saturated carbocycles. The third-order valence-electron chi connectivity index (χ3n) is 2.97. The van der Waals surface area contributed by atoms with Gasteiger partial charge in [-0.15, -0.1) is 0 Å². The fourth-order valence-corrected chi connectivity index (χ4v) is 2.30. The van der Waals surface area contributed by atoms with E-state index in [0.717, 1.165) is 11.4 Å². The molecular weight excluding hydrogens is 290 g/mol. The summed E-state index contributed by atoms with van der Waals surface area (Å²) in [7, 11) is 3.23. The Morgan fingerprint density at radius 3 is 2.71 bits per heavy atom. The summed E-state index contributed by atoms with van der Waals surface area (Å²) in [6, 6.07) is 8.94. The number of anilines is 1. The Bertz CT molecular complexity index is 641.